The molecule has 3 rings (SSSR count). The third-order valence-corrected chi connectivity index (χ3v) is 6.23. The van der Waals surface area contributed by atoms with Crippen LogP contribution in [-0.2, 0) is 9.59 Å². The largest absolute Gasteiger partial charge is 0.494 e. The summed E-state index contributed by atoms with van der Waals surface area (Å²) in [5, 5.41) is -0.416. The summed E-state index contributed by atoms with van der Waals surface area (Å²) in [7, 11) is 1.56. The average molecular weight is 504 g/mol. The van der Waals surface area contributed by atoms with Crippen molar-refractivity contribution in [3.63, 3.8) is 0 Å². The van der Waals surface area contributed by atoms with Crippen LogP contribution in [0, 0.1) is 0 Å². The second-order valence-corrected chi connectivity index (χ2v) is 8.58. The van der Waals surface area contributed by atoms with E-state index in [0.717, 1.165) is 44.0 Å². The first-order chi connectivity index (χ1) is 12.4. The van der Waals surface area contributed by atoms with Gasteiger partial charge in [0.05, 0.1) is 21.0 Å². The Morgan fingerprint density at radius 2 is 1.85 bits per heavy atom. The fourth-order valence-electron chi connectivity index (χ4n) is 2.85. The normalized spacial score (nSPS) is 19.0. The van der Waals surface area contributed by atoms with Crippen LogP contribution >= 0.6 is 43.6 Å². The molecule has 0 aliphatic carbocycles. The molecule has 0 unspecified atom stereocenters. The molecule has 0 saturated carbocycles. The quantitative estimate of drug-likeness (QED) is 0.583. The third-order valence-electron chi connectivity index (χ3n) is 4.15. The van der Waals surface area contributed by atoms with E-state index in [-0.39, 0.29) is 12.5 Å². The fourth-order valence-corrected chi connectivity index (χ4v) is 5.23. The standard InChI is InChI=1S/C17H16Br2N2O4S/c1-25-15-11(18)6-10(7-12(15)19)8-13-16(23)21(17(24)26-13)9-14(22)20-4-2-3-5-20/h6-8H,2-5,9H2,1H3/b13-8+. The van der Waals surface area contributed by atoms with Crippen LogP contribution in [0.3, 0.4) is 0 Å². The Morgan fingerprint density at radius 1 is 1.23 bits per heavy atom. The van der Waals surface area contributed by atoms with Gasteiger partial charge >= 0.3 is 0 Å². The van der Waals surface area contributed by atoms with Crippen LogP contribution in [0.15, 0.2) is 26.0 Å². The molecule has 138 valence electrons. The number of carbonyl (C=O) groups is 3. The van der Waals surface area contributed by atoms with Crippen molar-refractivity contribution < 1.29 is 19.1 Å². The van der Waals surface area contributed by atoms with E-state index < -0.39 is 11.1 Å². The van der Waals surface area contributed by atoms with Gasteiger partial charge in [-0.25, -0.2) is 0 Å². The molecule has 3 amide bonds. The van der Waals surface area contributed by atoms with Gasteiger partial charge in [0.2, 0.25) is 5.91 Å². The lowest BCUT2D eigenvalue weighted by atomic mass is 10.2. The number of imide groups is 1. The molecule has 2 aliphatic heterocycles. The van der Waals surface area contributed by atoms with E-state index in [2.05, 4.69) is 31.9 Å². The van der Waals surface area contributed by atoms with Gasteiger partial charge in [0.25, 0.3) is 11.1 Å². The molecule has 0 atom stereocenters. The SMILES string of the molecule is COc1c(Br)cc(/C=C2/SC(=O)N(CC(=O)N3CCCC3)C2=O)cc1Br. The molecule has 0 N–H and O–H groups in total. The molecule has 1 aromatic carbocycles. The summed E-state index contributed by atoms with van der Waals surface area (Å²) in [6.45, 7) is 1.19. The van der Waals surface area contributed by atoms with Gasteiger partial charge in [-0.15, -0.1) is 0 Å². The molecule has 2 aliphatic rings. The average Bonchev–Trinajstić information content (AvgIpc) is 3.20. The van der Waals surface area contributed by atoms with Crippen LogP contribution in [0.1, 0.15) is 18.4 Å². The molecule has 2 fully saturated rings. The Labute approximate surface area is 172 Å². The highest BCUT2D eigenvalue weighted by molar-refractivity contribution is 9.11. The molecule has 2 heterocycles. The smallest absolute Gasteiger partial charge is 0.294 e. The number of rotatable bonds is 4. The van der Waals surface area contributed by atoms with E-state index in [1.807, 2.05) is 0 Å². The van der Waals surface area contributed by atoms with Gasteiger partial charge < -0.3 is 9.64 Å². The van der Waals surface area contributed by atoms with Crippen molar-refractivity contribution in [2.75, 3.05) is 26.7 Å². The van der Waals surface area contributed by atoms with Crippen molar-refractivity contribution in [3.8, 4) is 5.75 Å². The minimum absolute atomic E-state index is 0.180. The number of amides is 3. The van der Waals surface area contributed by atoms with Crippen molar-refractivity contribution >= 4 is 66.8 Å². The molecular formula is C17H16Br2N2O4S. The Balaban J connectivity index is 1.78. The molecule has 0 spiro atoms. The van der Waals surface area contributed by atoms with Gasteiger partial charge in [0.15, 0.2) is 0 Å². The van der Waals surface area contributed by atoms with E-state index in [0.29, 0.717) is 23.7 Å². The van der Waals surface area contributed by atoms with Gasteiger partial charge in [-0.1, -0.05) is 0 Å². The van der Waals surface area contributed by atoms with Crippen molar-refractivity contribution in [2.24, 2.45) is 0 Å². The summed E-state index contributed by atoms with van der Waals surface area (Å²) in [6.07, 6.45) is 3.57. The van der Waals surface area contributed by atoms with Crippen LogP contribution in [0.2, 0.25) is 0 Å². The third kappa shape index (κ3) is 3.99. The molecule has 0 radical (unpaired) electrons. The first kappa shape index (κ1) is 19.4. The second kappa shape index (κ2) is 8.14. The molecule has 2 saturated heterocycles. The summed E-state index contributed by atoms with van der Waals surface area (Å²) in [4.78, 5) is 40.0. The van der Waals surface area contributed by atoms with Gasteiger partial charge in [-0.2, -0.15) is 0 Å². The lowest BCUT2D eigenvalue weighted by Gasteiger charge is -2.18. The Kier molecular flexibility index (Phi) is 6.09. The van der Waals surface area contributed by atoms with Gasteiger partial charge in [-0.3, -0.25) is 19.3 Å². The molecule has 6 nitrogen and oxygen atoms in total. The lowest BCUT2D eigenvalue weighted by Crippen LogP contribution is -2.40. The molecule has 0 bridgehead atoms. The number of ether oxygens (including phenoxy) is 1. The van der Waals surface area contributed by atoms with Gasteiger partial charge in [0, 0.05) is 13.1 Å². The fraction of sp³-hybridized carbons (Fsp3) is 0.353. The predicted molar refractivity (Wildman–Crippen MR) is 107 cm³/mol. The molecule has 1 aromatic rings. The van der Waals surface area contributed by atoms with Crippen LogP contribution < -0.4 is 4.74 Å². The second-order valence-electron chi connectivity index (χ2n) is 5.87. The molecule has 26 heavy (non-hydrogen) atoms. The number of likely N-dealkylation sites (tertiary alicyclic amines) is 1. The summed E-state index contributed by atoms with van der Waals surface area (Å²) in [5.74, 6) is 0.0306. The number of halogens is 2. The monoisotopic (exact) mass is 502 g/mol. The summed E-state index contributed by atoms with van der Waals surface area (Å²) >= 11 is 7.68. The number of thioether (sulfide) groups is 1. The highest BCUT2D eigenvalue weighted by atomic mass is 79.9. The number of methoxy groups -OCH3 is 1. The van der Waals surface area contributed by atoms with Gasteiger partial charge in [0.1, 0.15) is 12.3 Å². The van der Waals surface area contributed by atoms with Crippen LogP contribution in [0.25, 0.3) is 6.08 Å². The Morgan fingerprint density at radius 3 is 2.42 bits per heavy atom. The number of hydrogen-bond acceptors (Lipinski definition) is 5. The van der Waals surface area contributed by atoms with E-state index >= 15 is 0 Å². The zero-order chi connectivity index (χ0) is 18.8. The maximum atomic E-state index is 12.6. The zero-order valence-electron chi connectivity index (χ0n) is 14.0. The van der Waals surface area contributed by atoms with Crippen molar-refractivity contribution in [1.82, 2.24) is 9.80 Å². The lowest BCUT2D eigenvalue weighted by molar-refractivity contribution is -0.135. The zero-order valence-corrected chi connectivity index (χ0v) is 17.9. The topological polar surface area (TPSA) is 66.9 Å². The predicted octanol–water partition coefficient (Wildman–Crippen LogP) is 3.88. The maximum absolute atomic E-state index is 12.6. The summed E-state index contributed by atoms with van der Waals surface area (Å²) < 4.78 is 6.71. The minimum Gasteiger partial charge on any atom is -0.494 e. The Hall–Kier alpha value is -1.32. The number of hydrogen-bond donors (Lipinski definition) is 0. The molecule has 9 heteroatoms. The summed E-state index contributed by atoms with van der Waals surface area (Å²) in [6, 6.07) is 3.60. The van der Waals surface area contributed by atoms with E-state index in [1.165, 1.54) is 0 Å². The molecule has 0 aromatic heterocycles. The van der Waals surface area contributed by atoms with Crippen LogP contribution in [0.5, 0.6) is 5.75 Å². The maximum Gasteiger partial charge on any atom is 0.294 e. The number of carbonyl (C=O) groups excluding carboxylic acids is 3. The van der Waals surface area contributed by atoms with Crippen molar-refractivity contribution in [1.29, 1.82) is 0 Å². The van der Waals surface area contributed by atoms with E-state index in [4.69, 9.17) is 4.74 Å². The van der Waals surface area contributed by atoms with E-state index in [9.17, 15) is 14.4 Å². The van der Waals surface area contributed by atoms with E-state index in [1.54, 1.807) is 30.2 Å². The van der Waals surface area contributed by atoms with Crippen LogP contribution in [0.4, 0.5) is 4.79 Å². The summed E-state index contributed by atoms with van der Waals surface area (Å²) in [5.41, 5.74) is 0.737. The molecular weight excluding hydrogens is 488 g/mol. The highest BCUT2D eigenvalue weighted by Gasteiger charge is 2.37. The van der Waals surface area contributed by atoms with Crippen LogP contribution in [-0.4, -0.2) is 53.6 Å². The first-order valence-electron chi connectivity index (χ1n) is 7.97. The number of benzene rings is 1. The first-order valence-corrected chi connectivity index (χ1v) is 10.4. The Bertz CT molecular complexity index is 783. The van der Waals surface area contributed by atoms with Crippen molar-refractivity contribution in [3.05, 3.63) is 31.5 Å². The minimum atomic E-state index is -0.435. The highest BCUT2D eigenvalue weighted by Crippen LogP contribution is 2.37. The number of nitrogens with zero attached hydrogens (tertiary/aromatic N) is 2. The van der Waals surface area contributed by atoms with Gasteiger partial charge in [-0.05, 0) is 80.2 Å². The van der Waals surface area contributed by atoms with Crippen molar-refractivity contribution in [2.45, 2.75) is 12.8 Å².